The van der Waals surface area contributed by atoms with Crippen LogP contribution in [-0.4, -0.2) is 24.0 Å². The van der Waals surface area contributed by atoms with E-state index in [1.165, 1.54) is 12.1 Å². The highest BCUT2D eigenvalue weighted by atomic mass is 16.5. The number of hydrogen-bond acceptors (Lipinski definition) is 4. The van der Waals surface area contributed by atoms with E-state index in [0.29, 0.717) is 5.57 Å². The van der Waals surface area contributed by atoms with Crippen LogP contribution in [0.1, 0.15) is 22.8 Å². The molecule has 0 spiro atoms. The summed E-state index contributed by atoms with van der Waals surface area (Å²) in [4.78, 5) is 24.0. The summed E-state index contributed by atoms with van der Waals surface area (Å²) < 4.78 is 5.07. The topological polar surface area (TPSA) is 75.6 Å². The molecule has 0 saturated heterocycles. The maximum absolute atomic E-state index is 12.1. The van der Waals surface area contributed by atoms with Crippen molar-refractivity contribution in [2.75, 3.05) is 7.11 Å². The Hall–Kier alpha value is -3.08. The van der Waals surface area contributed by atoms with Gasteiger partial charge >= 0.3 is 0 Å². The summed E-state index contributed by atoms with van der Waals surface area (Å²) in [6, 6.07) is 13.2. The molecule has 5 heteroatoms. The second kappa shape index (κ2) is 7.26. The molecular weight excluding hydrogens is 294 g/mol. The van der Waals surface area contributed by atoms with E-state index in [-0.39, 0.29) is 11.3 Å². The number of carbonyl (C=O) groups excluding carboxylic acids is 2. The fraction of sp³-hybridized carbons (Fsp3) is 0.111. The number of methoxy groups -OCH3 is 1. The van der Waals surface area contributed by atoms with Gasteiger partial charge in [-0.15, -0.1) is 0 Å². The number of para-hydroxylation sites is 1. The number of amides is 2. The minimum atomic E-state index is -0.643. The van der Waals surface area contributed by atoms with Crippen LogP contribution in [0.4, 0.5) is 0 Å². The Bertz CT molecular complexity index is 748. The first-order valence-electron chi connectivity index (χ1n) is 6.97. The van der Waals surface area contributed by atoms with Crippen LogP contribution in [0.15, 0.2) is 54.1 Å². The lowest BCUT2D eigenvalue weighted by Crippen LogP contribution is -2.30. The molecule has 5 nitrogen and oxygen atoms in total. The minimum absolute atomic E-state index is 0.0538. The van der Waals surface area contributed by atoms with E-state index in [1.807, 2.05) is 0 Å². The van der Waals surface area contributed by atoms with E-state index < -0.39 is 11.8 Å². The van der Waals surface area contributed by atoms with Gasteiger partial charge in [0.25, 0.3) is 11.8 Å². The molecule has 0 aromatic heterocycles. The first-order chi connectivity index (χ1) is 11.0. The molecule has 2 aromatic carbocycles. The van der Waals surface area contributed by atoms with Crippen molar-refractivity contribution in [3.63, 3.8) is 0 Å². The summed E-state index contributed by atoms with van der Waals surface area (Å²) in [5.41, 5.74) is 1.24. The molecule has 0 fully saturated rings. The Kier molecular flexibility index (Phi) is 5.15. The average Bonchev–Trinajstić information content (AvgIpc) is 2.55. The molecule has 2 N–H and O–H groups in total. The lowest BCUT2D eigenvalue weighted by Gasteiger charge is -2.06. The van der Waals surface area contributed by atoms with Crippen molar-refractivity contribution in [3.8, 4) is 11.5 Å². The molecule has 118 valence electrons. The molecule has 0 saturated carbocycles. The van der Waals surface area contributed by atoms with Crippen molar-refractivity contribution >= 4 is 17.9 Å². The Morgan fingerprint density at radius 1 is 1.09 bits per heavy atom. The second-order valence-electron chi connectivity index (χ2n) is 4.90. The van der Waals surface area contributed by atoms with Crippen molar-refractivity contribution < 1.29 is 19.4 Å². The maximum Gasteiger partial charge on any atom is 0.261 e. The molecule has 23 heavy (non-hydrogen) atoms. The number of phenols is 1. The van der Waals surface area contributed by atoms with Crippen LogP contribution in [-0.2, 0) is 4.79 Å². The lowest BCUT2D eigenvalue weighted by molar-refractivity contribution is -0.116. The van der Waals surface area contributed by atoms with Gasteiger partial charge in [0.15, 0.2) is 0 Å². The summed E-state index contributed by atoms with van der Waals surface area (Å²) in [5.74, 6) is -0.613. The van der Waals surface area contributed by atoms with E-state index in [4.69, 9.17) is 4.74 Å². The molecule has 0 aliphatic heterocycles. The second-order valence-corrected chi connectivity index (χ2v) is 4.90. The Labute approximate surface area is 134 Å². The first kappa shape index (κ1) is 16.3. The molecule has 2 amide bonds. The summed E-state index contributed by atoms with van der Waals surface area (Å²) in [5, 5.41) is 11.9. The molecular formula is C18H17NO4. The fourth-order valence-electron chi connectivity index (χ4n) is 1.95. The van der Waals surface area contributed by atoms with Crippen molar-refractivity contribution in [2.24, 2.45) is 0 Å². The van der Waals surface area contributed by atoms with Crippen LogP contribution in [0, 0.1) is 0 Å². The van der Waals surface area contributed by atoms with Crippen LogP contribution in [0.5, 0.6) is 11.5 Å². The van der Waals surface area contributed by atoms with Gasteiger partial charge in [-0.25, -0.2) is 0 Å². The number of carbonyl (C=O) groups is 2. The zero-order chi connectivity index (χ0) is 16.8. The van der Waals surface area contributed by atoms with Gasteiger partial charge < -0.3 is 9.84 Å². The quantitative estimate of drug-likeness (QED) is 0.851. The molecule has 0 unspecified atom stereocenters. The molecule has 0 aliphatic rings. The Morgan fingerprint density at radius 2 is 1.74 bits per heavy atom. The minimum Gasteiger partial charge on any atom is -0.507 e. The number of hydrogen-bond donors (Lipinski definition) is 2. The molecule has 2 rings (SSSR count). The third kappa shape index (κ3) is 4.20. The first-order valence-corrected chi connectivity index (χ1v) is 6.97. The third-order valence-electron chi connectivity index (χ3n) is 3.23. The van der Waals surface area contributed by atoms with Crippen molar-refractivity contribution in [2.45, 2.75) is 6.92 Å². The average molecular weight is 311 g/mol. The Balaban J connectivity index is 2.08. The molecule has 0 bridgehead atoms. The number of imide groups is 1. The number of phenolic OH excluding ortho intramolecular Hbond substituents is 1. The van der Waals surface area contributed by atoms with Crippen molar-refractivity contribution in [1.82, 2.24) is 5.32 Å². The normalized spacial score (nSPS) is 11.0. The molecule has 0 heterocycles. The smallest absolute Gasteiger partial charge is 0.261 e. The van der Waals surface area contributed by atoms with Gasteiger partial charge in [0.2, 0.25) is 0 Å². The largest absolute Gasteiger partial charge is 0.507 e. The predicted molar refractivity (Wildman–Crippen MR) is 87.2 cm³/mol. The van der Waals surface area contributed by atoms with E-state index in [9.17, 15) is 14.7 Å². The van der Waals surface area contributed by atoms with Crippen LogP contribution < -0.4 is 10.1 Å². The molecule has 0 aliphatic carbocycles. The van der Waals surface area contributed by atoms with Crippen LogP contribution in [0.3, 0.4) is 0 Å². The van der Waals surface area contributed by atoms with Crippen LogP contribution >= 0.6 is 0 Å². The third-order valence-corrected chi connectivity index (χ3v) is 3.23. The Morgan fingerprint density at radius 3 is 2.35 bits per heavy atom. The molecule has 2 aromatic rings. The standard InChI is InChI=1S/C18H17NO4/c1-12(11-13-7-9-14(23-2)10-8-13)17(21)19-18(22)15-5-3-4-6-16(15)20/h3-11,20H,1-2H3,(H,19,21,22). The summed E-state index contributed by atoms with van der Waals surface area (Å²) in [7, 11) is 1.58. The summed E-state index contributed by atoms with van der Waals surface area (Å²) in [6.45, 7) is 1.61. The fourth-order valence-corrected chi connectivity index (χ4v) is 1.95. The van der Waals surface area contributed by atoms with E-state index in [1.54, 1.807) is 56.5 Å². The highest BCUT2D eigenvalue weighted by molar-refractivity contribution is 6.12. The SMILES string of the molecule is COc1ccc(C=C(C)C(=O)NC(=O)c2ccccc2O)cc1. The highest BCUT2D eigenvalue weighted by Gasteiger charge is 2.14. The van der Waals surface area contributed by atoms with E-state index in [2.05, 4.69) is 5.32 Å². The van der Waals surface area contributed by atoms with Gasteiger partial charge in [-0.1, -0.05) is 24.3 Å². The van der Waals surface area contributed by atoms with Crippen molar-refractivity contribution in [1.29, 1.82) is 0 Å². The monoisotopic (exact) mass is 311 g/mol. The predicted octanol–water partition coefficient (Wildman–Crippen LogP) is 2.76. The number of nitrogens with one attached hydrogen (secondary N) is 1. The summed E-state index contributed by atoms with van der Waals surface area (Å²) in [6.07, 6.45) is 1.66. The van der Waals surface area contributed by atoms with Gasteiger partial charge in [-0.2, -0.15) is 0 Å². The highest BCUT2D eigenvalue weighted by Crippen LogP contribution is 2.16. The molecule has 0 radical (unpaired) electrons. The zero-order valence-electron chi connectivity index (χ0n) is 12.9. The van der Waals surface area contributed by atoms with Gasteiger partial charge in [0, 0.05) is 5.57 Å². The number of benzene rings is 2. The van der Waals surface area contributed by atoms with E-state index >= 15 is 0 Å². The van der Waals surface area contributed by atoms with Gasteiger partial charge in [-0.3, -0.25) is 14.9 Å². The number of ether oxygens (including phenoxy) is 1. The van der Waals surface area contributed by atoms with Crippen molar-refractivity contribution in [3.05, 3.63) is 65.2 Å². The van der Waals surface area contributed by atoms with Crippen LogP contribution in [0.25, 0.3) is 6.08 Å². The zero-order valence-corrected chi connectivity index (χ0v) is 12.9. The summed E-state index contributed by atoms with van der Waals surface area (Å²) >= 11 is 0. The lowest BCUT2D eigenvalue weighted by atomic mass is 10.1. The van der Waals surface area contributed by atoms with Gasteiger partial charge in [0.1, 0.15) is 11.5 Å². The van der Waals surface area contributed by atoms with Crippen LogP contribution in [0.2, 0.25) is 0 Å². The van der Waals surface area contributed by atoms with Gasteiger partial charge in [-0.05, 0) is 42.8 Å². The maximum atomic E-state index is 12.1. The van der Waals surface area contributed by atoms with E-state index in [0.717, 1.165) is 11.3 Å². The van der Waals surface area contributed by atoms with Gasteiger partial charge in [0.05, 0.1) is 12.7 Å². The number of rotatable bonds is 4. The molecule has 0 atom stereocenters. The number of aromatic hydroxyl groups is 1.